The van der Waals surface area contributed by atoms with Gasteiger partial charge in [0.2, 0.25) is 0 Å². The molecule has 0 amide bonds. The molecule has 0 aromatic carbocycles. The SMILES string of the molecule is C=CC(=O)C1CCC(C)=C(C(CC(=C)CCCO)OC)C1(C)C. The highest BCUT2D eigenvalue weighted by Crippen LogP contribution is 2.48. The van der Waals surface area contributed by atoms with E-state index in [0.29, 0.717) is 0 Å². The van der Waals surface area contributed by atoms with Gasteiger partial charge in [-0.25, -0.2) is 0 Å². The van der Waals surface area contributed by atoms with Crippen LogP contribution in [-0.4, -0.2) is 30.7 Å². The first kappa shape index (κ1) is 19.9. The minimum absolute atomic E-state index is 0.0398. The van der Waals surface area contributed by atoms with E-state index in [2.05, 4.69) is 33.9 Å². The highest BCUT2D eigenvalue weighted by atomic mass is 16.5. The summed E-state index contributed by atoms with van der Waals surface area (Å²) in [5.74, 6) is 0.0796. The molecule has 3 heteroatoms. The van der Waals surface area contributed by atoms with E-state index < -0.39 is 0 Å². The summed E-state index contributed by atoms with van der Waals surface area (Å²) in [6.07, 6.45) is 5.46. The summed E-state index contributed by atoms with van der Waals surface area (Å²) < 4.78 is 5.79. The third-order valence-electron chi connectivity index (χ3n) is 5.15. The Balaban J connectivity index is 3.06. The molecule has 0 spiro atoms. The van der Waals surface area contributed by atoms with Gasteiger partial charge < -0.3 is 9.84 Å². The molecule has 3 nitrogen and oxygen atoms in total. The van der Waals surface area contributed by atoms with Gasteiger partial charge in [0.05, 0.1) is 6.10 Å². The van der Waals surface area contributed by atoms with Gasteiger partial charge in [-0.15, -0.1) is 0 Å². The first-order chi connectivity index (χ1) is 10.8. The van der Waals surface area contributed by atoms with Crippen LogP contribution < -0.4 is 0 Å². The number of methoxy groups -OCH3 is 1. The maximum Gasteiger partial charge on any atom is 0.159 e. The van der Waals surface area contributed by atoms with Gasteiger partial charge in [-0.3, -0.25) is 4.79 Å². The van der Waals surface area contributed by atoms with Crippen LogP contribution in [0.15, 0.2) is 36.0 Å². The van der Waals surface area contributed by atoms with E-state index in [-0.39, 0.29) is 29.8 Å². The molecule has 0 fully saturated rings. The molecule has 0 aliphatic heterocycles. The smallest absolute Gasteiger partial charge is 0.159 e. The minimum atomic E-state index is -0.245. The van der Waals surface area contributed by atoms with Gasteiger partial charge in [-0.05, 0) is 56.1 Å². The number of ketones is 1. The highest BCUT2D eigenvalue weighted by Gasteiger charge is 2.43. The molecular formula is C20H32O3. The Morgan fingerprint density at radius 1 is 1.52 bits per heavy atom. The molecule has 0 saturated carbocycles. The van der Waals surface area contributed by atoms with Gasteiger partial charge in [-0.2, -0.15) is 0 Å². The first-order valence-corrected chi connectivity index (χ1v) is 8.46. The van der Waals surface area contributed by atoms with Crippen molar-refractivity contribution in [3.05, 3.63) is 36.0 Å². The second-order valence-electron chi connectivity index (χ2n) is 7.12. The average Bonchev–Trinajstić information content (AvgIpc) is 2.50. The summed E-state index contributed by atoms with van der Waals surface area (Å²) in [6.45, 7) is 14.4. The number of allylic oxidation sites excluding steroid dienone is 2. The first-order valence-electron chi connectivity index (χ1n) is 8.46. The summed E-state index contributed by atoms with van der Waals surface area (Å²) in [6, 6.07) is 0. The van der Waals surface area contributed by atoms with Crippen molar-refractivity contribution in [2.45, 2.75) is 59.0 Å². The van der Waals surface area contributed by atoms with Crippen molar-refractivity contribution in [3.8, 4) is 0 Å². The molecule has 1 N–H and O–H groups in total. The fourth-order valence-electron chi connectivity index (χ4n) is 3.92. The molecule has 0 bridgehead atoms. The van der Waals surface area contributed by atoms with E-state index in [4.69, 9.17) is 9.84 Å². The minimum Gasteiger partial charge on any atom is -0.396 e. The zero-order valence-electron chi connectivity index (χ0n) is 15.2. The normalized spacial score (nSPS) is 21.9. The van der Waals surface area contributed by atoms with Gasteiger partial charge in [-0.1, -0.05) is 38.2 Å². The standard InChI is InChI=1S/C20H32O3/c1-7-17(22)16-11-10-15(3)19(20(16,4)5)18(23-6)13-14(2)9-8-12-21/h7,16,18,21H,1-2,8-13H2,3-6H3. The fraction of sp³-hybridized carbons (Fsp3) is 0.650. The fourth-order valence-corrected chi connectivity index (χ4v) is 3.92. The highest BCUT2D eigenvalue weighted by molar-refractivity contribution is 5.92. The lowest BCUT2D eigenvalue weighted by Crippen LogP contribution is -2.40. The second kappa shape index (κ2) is 8.60. The molecule has 1 aliphatic rings. The van der Waals surface area contributed by atoms with Gasteiger partial charge in [0, 0.05) is 19.6 Å². The third-order valence-corrected chi connectivity index (χ3v) is 5.15. The number of carbonyl (C=O) groups excluding carboxylic acids is 1. The van der Waals surface area contributed by atoms with E-state index in [0.717, 1.165) is 37.7 Å². The van der Waals surface area contributed by atoms with Crippen LogP contribution >= 0.6 is 0 Å². The molecule has 1 rings (SSSR count). The number of aliphatic hydroxyl groups is 1. The molecule has 1 aliphatic carbocycles. The molecule has 23 heavy (non-hydrogen) atoms. The van der Waals surface area contributed by atoms with Gasteiger partial charge in [0.1, 0.15) is 0 Å². The molecule has 2 unspecified atom stereocenters. The number of carbonyl (C=O) groups is 1. The van der Waals surface area contributed by atoms with Crippen LogP contribution in [0.5, 0.6) is 0 Å². The quantitative estimate of drug-likeness (QED) is 0.511. The van der Waals surface area contributed by atoms with Crippen LogP contribution in [0, 0.1) is 11.3 Å². The van der Waals surface area contributed by atoms with Gasteiger partial charge in [0.15, 0.2) is 5.78 Å². The van der Waals surface area contributed by atoms with Crippen molar-refractivity contribution in [3.63, 3.8) is 0 Å². The van der Waals surface area contributed by atoms with E-state index in [1.807, 2.05) is 0 Å². The van der Waals surface area contributed by atoms with E-state index in [1.165, 1.54) is 17.2 Å². The maximum atomic E-state index is 12.3. The van der Waals surface area contributed by atoms with Crippen LogP contribution in [-0.2, 0) is 9.53 Å². The molecule has 0 saturated heterocycles. The predicted octanol–water partition coefficient (Wildman–Crippen LogP) is 4.23. The van der Waals surface area contributed by atoms with Crippen molar-refractivity contribution < 1.29 is 14.6 Å². The Morgan fingerprint density at radius 2 is 2.17 bits per heavy atom. The Kier molecular flexibility index (Phi) is 7.43. The monoisotopic (exact) mass is 320 g/mol. The van der Waals surface area contributed by atoms with Crippen molar-refractivity contribution in [2.24, 2.45) is 11.3 Å². The molecule has 0 aromatic heterocycles. The van der Waals surface area contributed by atoms with Crippen molar-refractivity contribution in [1.29, 1.82) is 0 Å². The predicted molar refractivity (Wildman–Crippen MR) is 95.3 cm³/mol. The number of rotatable bonds is 9. The lowest BCUT2D eigenvalue weighted by Gasteiger charge is -2.43. The summed E-state index contributed by atoms with van der Waals surface area (Å²) in [7, 11) is 1.72. The van der Waals surface area contributed by atoms with Crippen molar-refractivity contribution >= 4 is 5.78 Å². The maximum absolute atomic E-state index is 12.3. The molecule has 0 radical (unpaired) electrons. The summed E-state index contributed by atoms with van der Waals surface area (Å²) in [4.78, 5) is 12.3. The van der Waals surface area contributed by atoms with Gasteiger partial charge >= 0.3 is 0 Å². The lowest BCUT2D eigenvalue weighted by molar-refractivity contribution is -0.121. The Bertz CT molecular complexity index is 485. The van der Waals surface area contributed by atoms with Crippen molar-refractivity contribution in [1.82, 2.24) is 0 Å². The second-order valence-corrected chi connectivity index (χ2v) is 7.12. The van der Waals surface area contributed by atoms with Crippen LogP contribution in [0.2, 0.25) is 0 Å². The molecule has 2 atom stereocenters. The molecule has 0 heterocycles. The Hall–Kier alpha value is -1.19. The Morgan fingerprint density at radius 3 is 2.70 bits per heavy atom. The largest absolute Gasteiger partial charge is 0.396 e. The number of aliphatic hydroxyl groups excluding tert-OH is 1. The molecule has 130 valence electrons. The summed E-state index contributed by atoms with van der Waals surface area (Å²) >= 11 is 0. The van der Waals surface area contributed by atoms with Crippen LogP contribution in [0.3, 0.4) is 0 Å². The Labute approximate surface area is 141 Å². The zero-order chi connectivity index (χ0) is 17.6. The summed E-state index contributed by atoms with van der Waals surface area (Å²) in [5, 5.41) is 8.97. The van der Waals surface area contributed by atoms with Crippen LogP contribution in [0.4, 0.5) is 0 Å². The van der Waals surface area contributed by atoms with Gasteiger partial charge in [0.25, 0.3) is 0 Å². The average molecular weight is 320 g/mol. The zero-order valence-corrected chi connectivity index (χ0v) is 15.2. The lowest BCUT2D eigenvalue weighted by atomic mass is 9.62. The van der Waals surface area contributed by atoms with E-state index >= 15 is 0 Å². The molecule has 0 aromatic rings. The molecular weight excluding hydrogens is 288 g/mol. The third kappa shape index (κ3) is 4.65. The number of ether oxygens (including phenoxy) is 1. The summed E-state index contributed by atoms with van der Waals surface area (Å²) in [5.41, 5.74) is 3.40. The van der Waals surface area contributed by atoms with Crippen LogP contribution in [0.1, 0.15) is 52.9 Å². The van der Waals surface area contributed by atoms with E-state index in [1.54, 1.807) is 7.11 Å². The number of hydrogen-bond donors (Lipinski definition) is 1. The van der Waals surface area contributed by atoms with Crippen molar-refractivity contribution in [2.75, 3.05) is 13.7 Å². The van der Waals surface area contributed by atoms with E-state index in [9.17, 15) is 4.79 Å². The topological polar surface area (TPSA) is 46.5 Å². The number of hydrogen-bond acceptors (Lipinski definition) is 3. The van der Waals surface area contributed by atoms with Crippen LogP contribution in [0.25, 0.3) is 0 Å².